The van der Waals surface area contributed by atoms with E-state index in [4.69, 9.17) is 11.6 Å². The van der Waals surface area contributed by atoms with Gasteiger partial charge in [-0.3, -0.25) is 4.79 Å². The van der Waals surface area contributed by atoms with E-state index in [2.05, 4.69) is 19.8 Å². The van der Waals surface area contributed by atoms with E-state index in [9.17, 15) is 9.18 Å². The van der Waals surface area contributed by atoms with Crippen molar-refractivity contribution >= 4 is 34.2 Å². The third kappa shape index (κ3) is 3.96. The monoisotopic (exact) mass is 386 g/mol. The van der Waals surface area contributed by atoms with Gasteiger partial charge in [-0.15, -0.1) is 0 Å². The van der Waals surface area contributed by atoms with Crippen LogP contribution in [0.4, 0.5) is 10.1 Å². The number of fused-ring (bicyclic) bond motifs is 1. The van der Waals surface area contributed by atoms with Gasteiger partial charge in [0.2, 0.25) is 0 Å². The van der Waals surface area contributed by atoms with Crippen LogP contribution in [-0.2, 0) is 6.54 Å². The number of imidazole rings is 1. The summed E-state index contributed by atoms with van der Waals surface area (Å²) in [5.74, 6) is -0.804. The number of amides is 1. The van der Waals surface area contributed by atoms with E-state index in [0.717, 1.165) is 24.1 Å². The molecule has 7 heteroatoms. The Balaban J connectivity index is 1.47. The zero-order valence-corrected chi connectivity index (χ0v) is 15.5. The van der Waals surface area contributed by atoms with Crippen molar-refractivity contribution in [1.82, 2.24) is 14.5 Å². The lowest BCUT2D eigenvalue weighted by Crippen LogP contribution is -2.23. The lowest BCUT2D eigenvalue weighted by Gasteiger charge is -2.15. The minimum absolute atomic E-state index is 0.0278. The van der Waals surface area contributed by atoms with Gasteiger partial charge in [-0.2, -0.15) is 0 Å². The van der Waals surface area contributed by atoms with E-state index in [1.165, 1.54) is 44.1 Å². The van der Waals surface area contributed by atoms with Crippen molar-refractivity contribution in [3.05, 3.63) is 59.1 Å². The molecule has 1 fully saturated rings. The molecular weight excluding hydrogens is 367 g/mol. The standard InChI is InChI=1S/C20H20ClFN4O/c21-16-12-15(4-5-17(16)22)24-20(27)14-3-6-19-18(11-14)23-13-26(19)10-9-25-7-1-2-8-25/h3-6,11-13H,1-2,7-10H2,(H,24,27). The van der Waals surface area contributed by atoms with Gasteiger partial charge in [0.1, 0.15) is 5.82 Å². The molecule has 1 saturated heterocycles. The summed E-state index contributed by atoms with van der Waals surface area (Å²) in [5.41, 5.74) is 2.73. The van der Waals surface area contributed by atoms with Crippen molar-refractivity contribution < 1.29 is 9.18 Å². The number of halogens is 2. The van der Waals surface area contributed by atoms with Crippen LogP contribution in [0.1, 0.15) is 23.2 Å². The summed E-state index contributed by atoms with van der Waals surface area (Å²) in [7, 11) is 0. The molecule has 3 aromatic rings. The first-order chi connectivity index (χ1) is 13.1. The lowest BCUT2D eigenvalue weighted by atomic mass is 10.2. The summed E-state index contributed by atoms with van der Waals surface area (Å²) < 4.78 is 15.4. The topological polar surface area (TPSA) is 50.2 Å². The van der Waals surface area contributed by atoms with E-state index in [1.54, 1.807) is 12.1 Å². The number of rotatable bonds is 5. The Hall–Kier alpha value is -2.44. The minimum atomic E-state index is -0.518. The van der Waals surface area contributed by atoms with Gasteiger partial charge in [0.25, 0.3) is 5.91 Å². The highest BCUT2D eigenvalue weighted by atomic mass is 35.5. The number of hydrogen-bond acceptors (Lipinski definition) is 3. The van der Waals surface area contributed by atoms with Crippen LogP contribution < -0.4 is 5.32 Å². The normalized spacial score (nSPS) is 14.7. The van der Waals surface area contributed by atoms with Crippen molar-refractivity contribution in [3.8, 4) is 0 Å². The largest absolute Gasteiger partial charge is 0.329 e. The number of carbonyl (C=O) groups is 1. The molecule has 1 aliphatic heterocycles. The van der Waals surface area contributed by atoms with Crippen LogP contribution in [-0.4, -0.2) is 40.0 Å². The molecule has 0 atom stereocenters. The van der Waals surface area contributed by atoms with Gasteiger partial charge in [-0.05, 0) is 62.3 Å². The molecule has 0 unspecified atom stereocenters. The third-order valence-corrected chi connectivity index (χ3v) is 5.21. The molecule has 27 heavy (non-hydrogen) atoms. The Bertz CT molecular complexity index is 981. The number of carbonyl (C=O) groups excluding carboxylic acids is 1. The predicted molar refractivity (Wildman–Crippen MR) is 105 cm³/mol. The van der Waals surface area contributed by atoms with Gasteiger partial charge in [-0.1, -0.05) is 11.6 Å². The molecule has 5 nitrogen and oxygen atoms in total. The van der Waals surface area contributed by atoms with Gasteiger partial charge in [0.05, 0.1) is 22.4 Å². The summed E-state index contributed by atoms with van der Waals surface area (Å²) >= 11 is 5.76. The van der Waals surface area contributed by atoms with E-state index in [-0.39, 0.29) is 10.9 Å². The van der Waals surface area contributed by atoms with Gasteiger partial charge < -0.3 is 14.8 Å². The Morgan fingerprint density at radius 1 is 1.15 bits per heavy atom. The third-order valence-electron chi connectivity index (χ3n) is 4.92. The SMILES string of the molecule is O=C(Nc1ccc(F)c(Cl)c1)c1ccc2c(c1)ncn2CCN1CCCC1. The van der Waals surface area contributed by atoms with Crippen LogP contribution in [0.15, 0.2) is 42.7 Å². The Morgan fingerprint density at radius 2 is 1.96 bits per heavy atom. The molecule has 0 saturated carbocycles. The fraction of sp³-hybridized carbons (Fsp3) is 0.300. The zero-order valence-electron chi connectivity index (χ0n) is 14.8. The van der Waals surface area contributed by atoms with Gasteiger partial charge >= 0.3 is 0 Å². The van der Waals surface area contributed by atoms with Crippen LogP contribution in [0.3, 0.4) is 0 Å². The lowest BCUT2D eigenvalue weighted by molar-refractivity contribution is 0.102. The number of benzene rings is 2. The molecule has 4 rings (SSSR count). The maximum Gasteiger partial charge on any atom is 0.255 e. The molecule has 0 bridgehead atoms. The van der Waals surface area contributed by atoms with E-state index < -0.39 is 5.82 Å². The van der Waals surface area contributed by atoms with Gasteiger partial charge in [0, 0.05) is 24.3 Å². The average Bonchev–Trinajstić information content (AvgIpc) is 3.32. The maximum atomic E-state index is 13.2. The molecule has 1 amide bonds. The minimum Gasteiger partial charge on any atom is -0.329 e. The highest BCUT2D eigenvalue weighted by molar-refractivity contribution is 6.31. The molecule has 2 aromatic carbocycles. The second kappa shape index (κ2) is 7.66. The molecule has 1 aromatic heterocycles. The van der Waals surface area contributed by atoms with Crippen molar-refractivity contribution in [3.63, 3.8) is 0 Å². The van der Waals surface area contributed by atoms with Crippen LogP contribution in [0.2, 0.25) is 5.02 Å². The molecule has 1 aliphatic rings. The molecular formula is C20H20ClFN4O. The molecule has 1 N–H and O–H groups in total. The summed E-state index contributed by atoms with van der Waals surface area (Å²) in [5, 5.41) is 2.70. The predicted octanol–water partition coefficient (Wildman–Crippen LogP) is 4.18. The summed E-state index contributed by atoms with van der Waals surface area (Å²) in [6.45, 7) is 4.24. The number of aromatic nitrogens is 2. The van der Waals surface area contributed by atoms with Crippen molar-refractivity contribution in [2.45, 2.75) is 19.4 Å². The number of nitrogens with one attached hydrogen (secondary N) is 1. The first kappa shape index (κ1) is 17.9. The Labute approximate surface area is 161 Å². The fourth-order valence-electron chi connectivity index (χ4n) is 3.42. The Kier molecular flexibility index (Phi) is 5.09. The zero-order chi connectivity index (χ0) is 18.8. The van der Waals surface area contributed by atoms with Gasteiger partial charge in [-0.25, -0.2) is 9.37 Å². The fourth-order valence-corrected chi connectivity index (χ4v) is 3.60. The van der Waals surface area contributed by atoms with E-state index in [0.29, 0.717) is 11.3 Å². The second-order valence-corrected chi connectivity index (χ2v) is 7.18. The number of likely N-dealkylation sites (tertiary alicyclic amines) is 1. The smallest absolute Gasteiger partial charge is 0.255 e. The van der Waals surface area contributed by atoms with E-state index in [1.807, 2.05) is 12.4 Å². The van der Waals surface area contributed by atoms with Crippen LogP contribution >= 0.6 is 11.6 Å². The summed E-state index contributed by atoms with van der Waals surface area (Å²) in [6, 6.07) is 9.55. The van der Waals surface area contributed by atoms with Crippen molar-refractivity contribution in [2.24, 2.45) is 0 Å². The van der Waals surface area contributed by atoms with Crippen molar-refractivity contribution in [2.75, 3.05) is 25.0 Å². The summed E-state index contributed by atoms with van der Waals surface area (Å²) in [4.78, 5) is 19.4. The molecule has 0 radical (unpaired) electrons. The average molecular weight is 387 g/mol. The highest BCUT2D eigenvalue weighted by Crippen LogP contribution is 2.21. The highest BCUT2D eigenvalue weighted by Gasteiger charge is 2.13. The molecule has 0 aliphatic carbocycles. The Morgan fingerprint density at radius 3 is 2.74 bits per heavy atom. The molecule has 2 heterocycles. The van der Waals surface area contributed by atoms with Crippen molar-refractivity contribution in [1.29, 1.82) is 0 Å². The first-order valence-corrected chi connectivity index (χ1v) is 9.41. The van der Waals surface area contributed by atoms with Crippen LogP contribution in [0, 0.1) is 5.82 Å². The molecule has 140 valence electrons. The van der Waals surface area contributed by atoms with Crippen LogP contribution in [0.25, 0.3) is 11.0 Å². The van der Waals surface area contributed by atoms with Crippen LogP contribution in [0.5, 0.6) is 0 Å². The first-order valence-electron chi connectivity index (χ1n) is 9.04. The van der Waals surface area contributed by atoms with E-state index >= 15 is 0 Å². The second-order valence-electron chi connectivity index (χ2n) is 6.77. The quantitative estimate of drug-likeness (QED) is 0.715. The van der Waals surface area contributed by atoms with Gasteiger partial charge in [0.15, 0.2) is 0 Å². The number of hydrogen-bond donors (Lipinski definition) is 1. The maximum absolute atomic E-state index is 13.2. The number of anilines is 1. The number of nitrogens with zero attached hydrogens (tertiary/aromatic N) is 3. The summed E-state index contributed by atoms with van der Waals surface area (Å²) in [6.07, 6.45) is 4.38. The molecule has 0 spiro atoms.